The van der Waals surface area contributed by atoms with Crippen LogP contribution >= 0.6 is 11.3 Å². The molecule has 0 unspecified atom stereocenters. The van der Waals surface area contributed by atoms with Crippen molar-refractivity contribution in [3.05, 3.63) is 77.9 Å². The molecule has 0 spiro atoms. The molecule has 0 atom stereocenters. The number of aliphatic hydroxyl groups is 2. The van der Waals surface area contributed by atoms with Gasteiger partial charge in [0.25, 0.3) is 0 Å². The number of phenols is 2. The van der Waals surface area contributed by atoms with Crippen molar-refractivity contribution in [2.24, 2.45) is 0 Å². The van der Waals surface area contributed by atoms with Crippen molar-refractivity contribution in [1.29, 1.82) is 0 Å². The van der Waals surface area contributed by atoms with Crippen molar-refractivity contribution in [2.45, 2.75) is 6.29 Å². The van der Waals surface area contributed by atoms with Crippen molar-refractivity contribution in [1.82, 2.24) is 0 Å². The summed E-state index contributed by atoms with van der Waals surface area (Å²) in [5.41, 5.74) is 1.31. The number of aliphatic hydroxyl groups excluding tert-OH is 1. The molecule has 0 fully saturated rings. The molecule has 8 heteroatoms. The highest BCUT2D eigenvalue weighted by molar-refractivity contribution is 7.22. The number of phenolic OH excluding ortho intramolecular Hbond substituents is 2. The minimum atomic E-state index is -1.57. The molecule has 0 aliphatic rings. The van der Waals surface area contributed by atoms with Gasteiger partial charge in [0.05, 0.1) is 9.58 Å². The van der Waals surface area contributed by atoms with E-state index in [-0.39, 0.29) is 21.6 Å². The second-order valence-electron chi connectivity index (χ2n) is 6.65. The van der Waals surface area contributed by atoms with Gasteiger partial charge >= 0.3 is 0 Å². The number of rotatable bonds is 5. The third-order valence-corrected chi connectivity index (χ3v) is 5.72. The average molecular weight is 442 g/mol. The maximum atomic E-state index is 14.6. The van der Waals surface area contributed by atoms with Crippen LogP contribution in [0.3, 0.4) is 0 Å². The smallest absolute Gasteiger partial charge is 0.189 e. The van der Waals surface area contributed by atoms with Crippen molar-refractivity contribution < 1.29 is 33.9 Å². The number of aromatic hydroxyl groups is 2. The highest BCUT2D eigenvalue weighted by Gasteiger charge is 2.23. The van der Waals surface area contributed by atoms with Gasteiger partial charge in [-0.1, -0.05) is 18.2 Å². The molecule has 1 heterocycles. The normalized spacial score (nSPS) is 11.6. The van der Waals surface area contributed by atoms with Gasteiger partial charge in [-0.15, -0.1) is 11.3 Å². The molecule has 4 N–H and O–H groups in total. The number of fused-ring (bicyclic) bond motifs is 1. The number of benzene rings is 3. The van der Waals surface area contributed by atoms with E-state index in [2.05, 4.69) is 0 Å². The molecule has 0 saturated heterocycles. The Balaban J connectivity index is 1.81. The van der Waals surface area contributed by atoms with Gasteiger partial charge in [0.15, 0.2) is 29.4 Å². The molecule has 1 aromatic heterocycles. The minimum absolute atomic E-state index is 0.0356. The van der Waals surface area contributed by atoms with Gasteiger partial charge in [-0.3, -0.25) is 0 Å². The van der Waals surface area contributed by atoms with Crippen LogP contribution in [0, 0.1) is 11.6 Å². The van der Waals surface area contributed by atoms with E-state index < -0.39 is 23.7 Å². The van der Waals surface area contributed by atoms with E-state index in [0.29, 0.717) is 21.8 Å². The molecule has 0 amide bonds. The molecule has 4 rings (SSSR count). The van der Waals surface area contributed by atoms with Crippen molar-refractivity contribution in [3.8, 4) is 33.4 Å². The summed E-state index contributed by atoms with van der Waals surface area (Å²) in [6, 6.07) is 13.8. The fourth-order valence-corrected chi connectivity index (χ4v) is 4.15. The molecule has 0 aliphatic carbocycles. The Morgan fingerprint density at radius 3 is 2.26 bits per heavy atom. The van der Waals surface area contributed by atoms with Crippen LogP contribution in [0.15, 0.2) is 60.7 Å². The van der Waals surface area contributed by atoms with Gasteiger partial charge in [-0.25, -0.2) is 8.78 Å². The Kier molecular flexibility index (Phi) is 5.60. The Morgan fingerprint density at radius 1 is 0.935 bits per heavy atom. The predicted molar refractivity (Wildman–Crippen MR) is 114 cm³/mol. The molecule has 0 aliphatic heterocycles. The molecule has 0 radical (unpaired) electrons. The van der Waals surface area contributed by atoms with Crippen LogP contribution in [0.5, 0.6) is 23.0 Å². The molecule has 31 heavy (non-hydrogen) atoms. The van der Waals surface area contributed by atoms with E-state index in [1.807, 2.05) is 0 Å². The van der Waals surface area contributed by atoms with E-state index in [0.717, 1.165) is 17.4 Å². The van der Waals surface area contributed by atoms with Gasteiger partial charge in [-0.05, 0) is 59.7 Å². The maximum absolute atomic E-state index is 14.6. The summed E-state index contributed by atoms with van der Waals surface area (Å²) >= 11 is 0.991. The summed E-state index contributed by atoms with van der Waals surface area (Å²) in [7, 11) is 0. The number of thiophene rings is 1. The first-order chi connectivity index (χ1) is 14.8. The number of hydrogen-bond donors (Lipinski definition) is 4. The number of halogens is 2. The summed E-state index contributed by atoms with van der Waals surface area (Å²) in [5.74, 6) is -2.59. The van der Waals surface area contributed by atoms with Crippen LogP contribution in [-0.2, 0) is 0 Å². The van der Waals surface area contributed by atoms with Gasteiger partial charge < -0.3 is 25.2 Å². The SMILES string of the molecule is Oc1ccc(-c2sc3c(F)c(O)c(F)cc3c2Oc2ccc(C=CC(O)O)cc2)cc1. The maximum Gasteiger partial charge on any atom is 0.189 e. The molecule has 3 aromatic carbocycles. The molecule has 4 aromatic rings. The van der Waals surface area contributed by atoms with E-state index in [1.165, 1.54) is 24.3 Å². The molecule has 0 bridgehead atoms. The lowest BCUT2D eigenvalue weighted by Gasteiger charge is -2.09. The van der Waals surface area contributed by atoms with E-state index in [9.17, 15) is 19.0 Å². The summed E-state index contributed by atoms with van der Waals surface area (Å²) in [5, 5.41) is 37.2. The zero-order chi connectivity index (χ0) is 22.1. The summed E-state index contributed by atoms with van der Waals surface area (Å²) in [6.07, 6.45) is 1.15. The summed E-state index contributed by atoms with van der Waals surface area (Å²) < 4.78 is 34.6. The number of ether oxygens (including phenoxy) is 1. The van der Waals surface area contributed by atoms with Crippen LogP contribution in [0.25, 0.3) is 26.6 Å². The number of hydrogen-bond acceptors (Lipinski definition) is 6. The highest BCUT2D eigenvalue weighted by atomic mass is 32.1. The molecular formula is C23H16F2O5S. The summed E-state index contributed by atoms with van der Waals surface area (Å²) in [6.45, 7) is 0. The van der Waals surface area contributed by atoms with Gasteiger partial charge in [0.2, 0.25) is 0 Å². The molecule has 0 saturated carbocycles. The molecular weight excluding hydrogens is 426 g/mol. The van der Waals surface area contributed by atoms with E-state index in [1.54, 1.807) is 36.4 Å². The lowest BCUT2D eigenvalue weighted by atomic mass is 10.1. The highest BCUT2D eigenvalue weighted by Crippen LogP contribution is 2.49. The largest absolute Gasteiger partial charge is 0.508 e. The minimum Gasteiger partial charge on any atom is -0.508 e. The van der Waals surface area contributed by atoms with Crippen LogP contribution in [0.4, 0.5) is 8.78 Å². The van der Waals surface area contributed by atoms with Crippen LogP contribution in [0.2, 0.25) is 0 Å². The Hall–Kier alpha value is -3.46. The third kappa shape index (κ3) is 4.22. The first kappa shape index (κ1) is 20.8. The van der Waals surface area contributed by atoms with Crippen molar-refractivity contribution in [3.63, 3.8) is 0 Å². The first-order valence-corrected chi connectivity index (χ1v) is 9.90. The molecule has 158 valence electrons. The van der Waals surface area contributed by atoms with E-state index >= 15 is 0 Å². The monoisotopic (exact) mass is 442 g/mol. The van der Waals surface area contributed by atoms with Gasteiger partial charge in [-0.2, -0.15) is 0 Å². The standard InChI is InChI=1S/C23H16F2O5S/c24-17-11-16-21(30-15-8-1-12(2-9-15)3-10-18(27)28)22(13-4-6-14(26)7-5-13)31-23(16)19(25)20(17)29/h1-11,18,26-29H. The Morgan fingerprint density at radius 2 is 1.61 bits per heavy atom. The van der Waals surface area contributed by atoms with Crippen molar-refractivity contribution in [2.75, 3.05) is 0 Å². The third-order valence-electron chi connectivity index (χ3n) is 4.49. The average Bonchev–Trinajstić information content (AvgIpc) is 3.10. The van der Waals surface area contributed by atoms with Crippen LogP contribution in [-0.4, -0.2) is 26.7 Å². The zero-order valence-corrected chi connectivity index (χ0v) is 16.6. The second kappa shape index (κ2) is 8.35. The topological polar surface area (TPSA) is 90.2 Å². The van der Waals surface area contributed by atoms with E-state index in [4.69, 9.17) is 14.9 Å². The van der Waals surface area contributed by atoms with Crippen molar-refractivity contribution >= 4 is 27.5 Å². The van der Waals surface area contributed by atoms with Gasteiger partial charge in [0, 0.05) is 5.39 Å². The second-order valence-corrected chi connectivity index (χ2v) is 7.67. The van der Waals surface area contributed by atoms with Crippen LogP contribution in [0.1, 0.15) is 5.56 Å². The lowest BCUT2D eigenvalue weighted by Crippen LogP contribution is -1.96. The Bertz CT molecular complexity index is 1260. The fourth-order valence-electron chi connectivity index (χ4n) is 3.00. The summed E-state index contributed by atoms with van der Waals surface area (Å²) in [4.78, 5) is 0.492. The van der Waals surface area contributed by atoms with Crippen LogP contribution < -0.4 is 4.74 Å². The predicted octanol–water partition coefficient (Wildman–Crippen LogP) is 5.37. The molecule has 5 nitrogen and oxygen atoms in total. The first-order valence-electron chi connectivity index (χ1n) is 9.08. The van der Waals surface area contributed by atoms with Gasteiger partial charge in [0.1, 0.15) is 11.5 Å². The quantitative estimate of drug-likeness (QED) is 0.312. The lowest BCUT2D eigenvalue weighted by molar-refractivity contribution is 0.00303. The Labute approximate surface area is 179 Å². The zero-order valence-electron chi connectivity index (χ0n) is 15.8. The fraction of sp³-hybridized carbons (Fsp3) is 0.0435.